The molecule has 1 aromatic carbocycles. The number of benzene rings is 1. The highest BCUT2D eigenvalue weighted by molar-refractivity contribution is 9.10. The Balaban J connectivity index is 3.14. The third-order valence-corrected chi connectivity index (χ3v) is 2.37. The third-order valence-electron chi connectivity index (χ3n) is 1.87. The molecule has 19 heavy (non-hydrogen) atoms. The summed E-state index contributed by atoms with van der Waals surface area (Å²) >= 11 is 2.99. The maximum atomic E-state index is 12.2. The largest absolute Gasteiger partial charge is 0.573 e. The molecule has 0 unspecified atom stereocenters. The second-order valence-corrected chi connectivity index (χ2v) is 4.15. The van der Waals surface area contributed by atoms with Crippen LogP contribution >= 0.6 is 15.9 Å². The first-order chi connectivity index (χ1) is 8.74. The van der Waals surface area contributed by atoms with Crippen molar-refractivity contribution in [3.05, 3.63) is 28.2 Å². The van der Waals surface area contributed by atoms with Gasteiger partial charge in [-0.3, -0.25) is 4.79 Å². The normalized spacial score (nSPS) is 11.0. The molecule has 0 aliphatic rings. The first-order valence-corrected chi connectivity index (χ1v) is 5.80. The number of carbonyl (C=O) groups is 2. The molecule has 1 rings (SSSR count). The molecule has 0 amide bonds. The number of rotatable bonds is 4. The predicted molar refractivity (Wildman–Crippen MR) is 61.8 cm³/mol. The third kappa shape index (κ3) is 4.55. The quantitative estimate of drug-likeness (QED) is 0.480. The second kappa shape index (κ2) is 6.05. The lowest BCUT2D eigenvalue weighted by Gasteiger charge is -2.12. The van der Waals surface area contributed by atoms with Gasteiger partial charge >= 0.3 is 12.3 Å². The zero-order chi connectivity index (χ0) is 14.6. The Morgan fingerprint density at radius 2 is 1.95 bits per heavy atom. The molecule has 4 nitrogen and oxygen atoms in total. The van der Waals surface area contributed by atoms with E-state index >= 15 is 0 Å². The van der Waals surface area contributed by atoms with Crippen molar-refractivity contribution in [2.75, 3.05) is 6.61 Å². The highest BCUT2D eigenvalue weighted by Gasteiger charge is 2.34. The lowest BCUT2D eigenvalue weighted by molar-refractivity contribution is -0.274. The van der Waals surface area contributed by atoms with E-state index in [1.54, 1.807) is 0 Å². The number of hydrogen-bond donors (Lipinski definition) is 0. The number of Topliss-reactive ketones (excluding diaryl/α,β-unsaturated/α-hetero) is 1. The second-order valence-electron chi connectivity index (χ2n) is 3.24. The molecule has 0 atom stereocenters. The zero-order valence-corrected chi connectivity index (χ0v) is 11.2. The van der Waals surface area contributed by atoms with Crippen LogP contribution in [-0.4, -0.2) is 24.7 Å². The Labute approximate surface area is 114 Å². The van der Waals surface area contributed by atoms with Gasteiger partial charge in [0.15, 0.2) is 0 Å². The number of esters is 1. The Kier molecular flexibility index (Phi) is 4.93. The van der Waals surface area contributed by atoms with Gasteiger partial charge in [-0.05, 0) is 25.1 Å². The van der Waals surface area contributed by atoms with Crippen molar-refractivity contribution in [2.45, 2.75) is 13.3 Å². The number of alkyl halides is 3. The Morgan fingerprint density at radius 1 is 1.32 bits per heavy atom. The van der Waals surface area contributed by atoms with Crippen molar-refractivity contribution in [1.82, 2.24) is 0 Å². The SMILES string of the molecule is CCOC(=O)C(=O)c1cc(Br)ccc1OC(F)(F)F. The van der Waals surface area contributed by atoms with Crippen LogP contribution in [-0.2, 0) is 9.53 Å². The van der Waals surface area contributed by atoms with Crippen molar-refractivity contribution in [3.8, 4) is 5.75 Å². The molecule has 0 fully saturated rings. The molecule has 0 heterocycles. The fraction of sp³-hybridized carbons (Fsp3) is 0.273. The van der Waals surface area contributed by atoms with E-state index in [1.807, 2.05) is 0 Å². The average molecular weight is 341 g/mol. The summed E-state index contributed by atoms with van der Waals surface area (Å²) in [5.41, 5.74) is -0.523. The van der Waals surface area contributed by atoms with E-state index in [0.29, 0.717) is 4.47 Å². The molecule has 0 aliphatic heterocycles. The number of ketones is 1. The minimum absolute atomic E-state index is 0.0615. The molecule has 104 valence electrons. The van der Waals surface area contributed by atoms with E-state index < -0.39 is 29.4 Å². The summed E-state index contributed by atoms with van der Waals surface area (Å²) < 4.78 is 45.0. The standard InChI is InChI=1S/C11H8BrF3O4/c1-2-18-10(17)9(16)7-5-6(12)3-4-8(7)19-11(13,14)15/h3-5H,2H2,1H3. The van der Waals surface area contributed by atoms with Crippen molar-refractivity contribution >= 4 is 27.7 Å². The minimum Gasteiger partial charge on any atom is -0.460 e. The van der Waals surface area contributed by atoms with E-state index in [4.69, 9.17) is 0 Å². The van der Waals surface area contributed by atoms with Gasteiger partial charge in [0.2, 0.25) is 0 Å². The summed E-state index contributed by atoms with van der Waals surface area (Å²) in [6.45, 7) is 1.41. The molecule has 0 aliphatic carbocycles. The van der Waals surface area contributed by atoms with Crippen molar-refractivity contribution in [1.29, 1.82) is 0 Å². The molecule has 0 saturated heterocycles. The topological polar surface area (TPSA) is 52.6 Å². The van der Waals surface area contributed by atoms with Gasteiger partial charge in [-0.15, -0.1) is 13.2 Å². The van der Waals surface area contributed by atoms with E-state index in [9.17, 15) is 22.8 Å². The molecule has 0 spiro atoms. The first-order valence-electron chi connectivity index (χ1n) is 5.01. The average Bonchev–Trinajstić information content (AvgIpc) is 2.29. The van der Waals surface area contributed by atoms with Crippen LogP contribution in [0.25, 0.3) is 0 Å². The van der Waals surface area contributed by atoms with Gasteiger partial charge in [0.05, 0.1) is 12.2 Å². The van der Waals surface area contributed by atoms with Gasteiger partial charge in [0.1, 0.15) is 5.75 Å². The monoisotopic (exact) mass is 340 g/mol. The molecular formula is C11H8BrF3O4. The van der Waals surface area contributed by atoms with Crippen molar-refractivity contribution < 1.29 is 32.2 Å². The molecule has 0 radical (unpaired) electrons. The van der Waals surface area contributed by atoms with Crippen LogP contribution in [0.1, 0.15) is 17.3 Å². The number of ether oxygens (including phenoxy) is 2. The molecule has 0 N–H and O–H groups in total. The van der Waals surface area contributed by atoms with Gasteiger partial charge in [0.25, 0.3) is 5.78 Å². The summed E-state index contributed by atoms with van der Waals surface area (Å²) in [5, 5.41) is 0. The van der Waals surface area contributed by atoms with Gasteiger partial charge < -0.3 is 9.47 Å². The Morgan fingerprint density at radius 3 is 2.47 bits per heavy atom. The van der Waals surface area contributed by atoms with Crippen LogP contribution in [0.5, 0.6) is 5.75 Å². The molecule has 8 heteroatoms. The van der Waals surface area contributed by atoms with Crippen LogP contribution in [0.4, 0.5) is 13.2 Å². The maximum Gasteiger partial charge on any atom is 0.573 e. The summed E-state index contributed by atoms with van der Waals surface area (Å²) in [4.78, 5) is 22.9. The van der Waals surface area contributed by atoms with Crippen LogP contribution < -0.4 is 4.74 Å². The number of carbonyl (C=O) groups excluding carboxylic acids is 2. The first kappa shape index (κ1) is 15.5. The Hall–Kier alpha value is -1.57. The summed E-state index contributed by atoms with van der Waals surface area (Å²) in [6.07, 6.45) is -4.96. The molecule has 0 aromatic heterocycles. The zero-order valence-electron chi connectivity index (χ0n) is 9.58. The van der Waals surface area contributed by atoms with Crippen LogP contribution in [0.15, 0.2) is 22.7 Å². The smallest absolute Gasteiger partial charge is 0.460 e. The molecular weight excluding hydrogens is 333 g/mol. The summed E-state index contributed by atoms with van der Waals surface area (Å²) in [5.74, 6) is -3.20. The molecule has 1 aromatic rings. The number of hydrogen-bond acceptors (Lipinski definition) is 4. The van der Waals surface area contributed by atoms with E-state index in [2.05, 4.69) is 25.4 Å². The van der Waals surface area contributed by atoms with Crippen molar-refractivity contribution in [2.24, 2.45) is 0 Å². The van der Waals surface area contributed by atoms with Gasteiger partial charge in [-0.1, -0.05) is 15.9 Å². The van der Waals surface area contributed by atoms with E-state index in [-0.39, 0.29) is 6.61 Å². The maximum absolute atomic E-state index is 12.2. The van der Waals surface area contributed by atoms with Crippen LogP contribution in [0.3, 0.4) is 0 Å². The van der Waals surface area contributed by atoms with Crippen molar-refractivity contribution in [3.63, 3.8) is 0 Å². The minimum atomic E-state index is -4.96. The van der Waals surface area contributed by atoms with Crippen LogP contribution in [0, 0.1) is 0 Å². The lowest BCUT2D eigenvalue weighted by Crippen LogP contribution is -2.22. The highest BCUT2D eigenvalue weighted by Crippen LogP contribution is 2.29. The van der Waals surface area contributed by atoms with Gasteiger partial charge in [-0.2, -0.15) is 0 Å². The fourth-order valence-corrected chi connectivity index (χ4v) is 1.56. The van der Waals surface area contributed by atoms with Gasteiger partial charge in [0, 0.05) is 4.47 Å². The number of halogens is 4. The summed E-state index contributed by atoms with van der Waals surface area (Å²) in [7, 11) is 0. The lowest BCUT2D eigenvalue weighted by atomic mass is 10.1. The van der Waals surface area contributed by atoms with E-state index in [0.717, 1.165) is 12.1 Å². The summed E-state index contributed by atoms with van der Waals surface area (Å²) in [6, 6.07) is 3.24. The molecule has 0 bridgehead atoms. The van der Waals surface area contributed by atoms with Crippen LogP contribution in [0.2, 0.25) is 0 Å². The molecule has 0 saturated carbocycles. The highest BCUT2D eigenvalue weighted by atomic mass is 79.9. The predicted octanol–water partition coefficient (Wildman–Crippen LogP) is 3.09. The van der Waals surface area contributed by atoms with Gasteiger partial charge in [-0.25, -0.2) is 4.79 Å². The fourth-order valence-electron chi connectivity index (χ4n) is 1.20. The van der Waals surface area contributed by atoms with E-state index in [1.165, 1.54) is 13.0 Å². The Bertz CT molecular complexity index is 499.